The summed E-state index contributed by atoms with van der Waals surface area (Å²) in [6, 6.07) is 5.60. The number of hydrogen-bond donors (Lipinski definition) is 1. The Hall–Kier alpha value is -1.20. The molecule has 5 heteroatoms. The van der Waals surface area contributed by atoms with E-state index in [-0.39, 0.29) is 5.91 Å². The highest BCUT2D eigenvalue weighted by Gasteiger charge is 2.06. The van der Waals surface area contributed by atoms with Gasteiger partial charge in [0.25, 0.3) is 0 Å². The van der Waals surface area contributed by atoms with Crippen LogP contribution >= 0.6 is 27.3 Å². The molecule has 0 bridgehead atoms. The van der Waals surface area contributed by atoms with Crippen molar-refractivity contribution in [1.82, 2.24) is 4.98 Å². The maximum Gasteiger partial charge on any atom is 0.229 e. The third-order valence-corrected chi connectivity index (χ3v) is 3.83. The molecule has 0 unspecified atom stereocenters. The molecule has 0 fully saturated rings. The third kappa shape index (κ3) is 3.64. The standard InChI is InChI=1S/C12H11BrN2OS/c1-8-4-10(2-3-14-8)15-12(16)6-11-5-9(13)7-17-11/h2-5,7H,6H2,1H3,(H,14,15,16). The van der Waals surface area contributed by atoms with Crippen molar-refractivity contribution in [2.75, 3.05) is 5.32 Å². The normalized spacial score (nSPS) is 10.2. The molecule has 2 aromatic heterocycles. The minimum absolute atomic E-state index is 0.00931. The molecular weight excluding hydrogens is 300 g/mol. The van der Waals surface area contributed by atoms with E-state index in [9.17, 15) is 4.79 Å². The van der Waals surface area contributed by atoms with Gasteiger partial charge in [-0.15, -0.1) is 11.3 Å². The number of carbonyl (C=O) groups excluding carboxylic acids is 1. The summed E-state index contributed by atoms with van der Waals surface area (Å²) >= 11 is 4.94. The maximum atomic E-state index is 11.8. The summed E-state index contributed by atoms with van der Waals surface area (Å²) in [5, 5.41) is 4.82. The topological polar surface area (TPSA) is 42.0 Å². The number of hydrogen-bond acceptors (Lipinski definition) is 3. The molecule has 2 heterocycles. The molecule has 0 saturated carbocycles. The van der Waals surface area contributed by atoms with Gasteiger partial charge >= 0.3 is 0 Å². The molecule has 2 aromatic rings. The number of rotatable bonds is 3. The second-order valence-electron chi connectivity index (χ2n) is 3.64. The van der Waals surface area contributed by atoms with Crippen LogP contribution in [0.3, 0.4) is 0 Å². The number of anilines is 1. The lowest BCUT2D eigenvalue weighted by molar-refractivity contribution is -0.115. The summed E-state index contributed by atoms with van der Waals surface area (Å²) in [5.74, 6) is -0.00931. The van der Waals surface area contributed by atoms with Crippen molar-refractivity contribution in [3.05, 3.63) is 44.8 Å². The van der Waals surface area contributed by atoms with Crippen molar-refractivity contribution in [3.63, 3.8) is 0 Å². The fraction of sp³-hybridized carbons (Fsp3) is 0.167. The van der Waals surface area contributed by atoms with Crippen molar-refractivity contribution >= 4 is 38.9 Å². The van der Waals surface area contributed by atoms with Gasteiger partial charge in [-0.25, -0.2) is 0 Å². The molecule has 3 nitrogen and oxygen atoms in total. The largest absolute Gasteiger partial charge is 0.326 e. The maximum absolute atomic E-state index is 11.8. The summed E-state index contributed by atoms with van der Waals surface area (Å²) in [5.41, 5.74) is 1.68. The minimum atomic E-state index is -0.00931. The van der Waals surface area contributed by atoms with Gasteiger partial charge < -0.3 is 5.32 Å². The lowest BCUT2D eigenvalue weighted by Crippen LogP contribution is -2.13. The highest BCUT2D eigenvalue weighted by Crippen LogP contribution is 2.20. The highest BCUT2D eigenvalue weighted by molar-refractivity contribution is 9.10. The molecule has 1 N–H and O–H groups in total. The first kappa shape index (κ1) is 12.3. The van der Waals surface area contributed by atoms with Crippen molar-refractivity contribution in [3.8, 4) is 0 Å². The summed E-state index contributed by atoms with van der Waals surface area (Å²) in [7, 11) is 0. The Morgan fingerprint density at radius 2 is 2.35 bits per heavy atom. The van der Waals surface area contributed by atoms with Crippen molar-refractivity contribution < 1.29 is 4.79 Å². The Morgan fingerprint density at radius 3 is 3.00 bits per heavy atom. The van der Waals surface area contributed by atoms with Gasteiger partial charge in [-0.3, -0.25) is 9.78 Å². The van der Waals surface area contributed by atoms with E-state index in [4.69, 9.17) is 0 Å². The average Bonchev–Trinajstić information content (AvgIpc) is 2.63. The first-order valence-corrected chi connectivity index (χ1v) is 6.76. The molecular formula is C12H11BrN2OS. The lowest BCUT2D eigenvalue weighted by atomic mass is 10.3. The van der Waals surface area contributed by atoms with E-state index < -0.39 is 0 Å². The van der Waals surface area contributed by atoms with E-state index >= 15 is 0 Å². The predicted octanol–water partition coefficient (Wildman–Crippen LogP) is 3.40. The van der Waals surface area contributed by atoms with E-state index in [0.29, 0.717) is 6.42 Å². The van der Waals surface area contributed by atoms with E-state index in [1.165, 1.54) is 0 Å². The van der Waals surface area contributed by atoms with Crippen LogP contribution in [-0.4, -0.2) is 10.9 Å². The monoisotopic (exact) mass is 310 g/mol. The summed E-state index contributed by atoms with van der Waals surface area (Å²) < 4.78 is 1.02. The number of nitrogens with zero attached hydrogens (tertiary/aromatic N) is 1. The molecule has 0 radical (unpaired) electrons. The van der Waals surface area contributed by atoms with Gasteiger partial charge in [-0.05, 0) is 41.1 Å². The van der Waals surface area contributed by atoms with Gasteiger partial charge in [-0.1, -0.05) is 0 Å². The number of aromatic nitrogens is 1. The molecule has 0 saturated heterocycles. The third-order valence-electron chi connectivity index (χ3n) is 2.14. The van der Waals surface area contributed by atoms with Gasteiger partial charge in [0.15, 0.2) is 0 Å². The highest BCUT2D eigenvalue weighted by atomic mass is 79.9. The molecule has 2 rings (SSSR count). The Labute approximate surface area is 112 Å². The van der Waals surface area contributed by atoms with Gasteiger partial charge in [-0.2, -0.15) is 0 Å². The number of carbonyl (C=O) groups is 1. The summed E-state index contributed by atoms with van der Waals surface area (Å²) in [6.07, 6.45) is 2.09. The van der Waals surface area contributed by atoms with Crippen LogP contribution in [0.1, 0.15) is 10.6 Å². The number of thiophene rings is 1. The Balaban J connectivity index is 1.98. The summed E-state index contributed by atoms with van der Waals surface area (Å²) in [4.78, 5) is 16.9. The molecule has 0 aliphatic carbocycles. The van der Waals surface area contributed by atoms with Gasteiger partial charge in [0.2, 0.25) is 5.91 Å². The predicted molar refractivity (Wildman–Crippen MR) is 73.3 cm³/mol. The number of pyridine rings is 1. The van der Waals surface area contributed by atoms with Crippen LogP contribution in [-0.2, 0) is 11.2 Å². The molecule has 0 aromatic carbocycles. The Morgan fingerprint density at radius 1 is 1.53 bits per heavy atom. The molecule has 0 aliphatic heterocycles. The number of aryl methyl sites for hydroxylation is 1. The summed E-state index contributed by atoms with van der Waals surface area (Å²) in [6.45, 7) is 1.89. The first-order valence-electron chi connectivity index (χ1n) is 5.09. The zero-order valence-corrected chi connectivity index (χ0v) is 11.6. The lowest BCUT2D eigenvalue weighted by Gasteiger charge is -2.04. The second-order valence-corrected chi connectivity index (χ2v) is 5.55. The Kier molecular flexibility index (Phi) is 3.91. The number of amides is 1. The van der Waals surface area contributed by atoms with Crippen molar-refractivity contribution in [2.24, 2.45) is 0 Å². The van der Waals surface area contributed by atoms with Crippen LogP contribution < -0.4 is 5.32 Å². The quantitative estimate of drug-likeness (QED) is 0.944. The fourth-order valence-electron chi connectivity index (χ4n) is 1.43. The van der Waals surface area contributed by atoms with Crippen molar-refractivity contribution in [1.29, 1.82) is 0 Å². The zero-order chi connectivity index (χ0) is 12.3. The minimum Gasteiger partial charge on any atom is -0.326 e. The van der Waals surface area contributed by atoms with Crippen molar-refractivity contribution in [2.45, 2.75) is 13.3 Å². The smallest absolute Gasteiger partial charge is 0.229 e. The molecule has 0 spiro atoms. The first-order chi connectivity index (χ1) is 8.13. The molecule has 1 amide bonds. The van der Waals surface area contributed by atoms with E-state index in [1.807, 2.05) is 24.4 Å². The van der Waals surface area contributed by atoms with Crippen LogP contribution in [0, 0.1) is 6.92 Å². The molecule has 0 aliphatic rings. The van der Waals surface area contributed by atoms with Crippen LogP contribution in [0.2, 0.25) is 0 Å². The molecule has 88 valence electrons. The second kappa shape index (κ2) is 5.42. The fourth-order valence-corrected chi connectivity index (χ4v) is 2.88. The zero-order valence-electron chi connectivity index (χ0n) is 9.24. The SMILES string of the molecule is Cc1cc(NC(=O)Cc2cc(Br)cs2)ccn1. The van der Waals surface area contributed by atoms with Crippen LogP contribution in [0.5, 0.6) is 0 Å². The van der Waals surface area contributed by atoms with Gasteiger partial charge in [0.05, 0.1) is 6.42 Å². The van der Waals surface area contributed by atoms with Gasteiger partial charge in [0.1, 0.15) is 0 Å². The Bertz CT molecular complexity index is 539. The molecule has 0 atom stereocenters. The molecule has 17 heavy (non-hydrogen) atoms. The van der Waals surface area contributed by atoms with Crippen LogP contribution in [0.25, 0.3) is 0 Å². The van der Waals surface area contributed by atoms with E-state index in [0.717, 1.165) is 20.7 Å². The van der Waals surface area contributed by atoms with Crippen LogP contribution in [0.15, 0.2) is 34.2 Å². The van der Waals surface area contributed by atoms with E-state index in [1.54, 1.807) is 23.6 Å². The number of halogens is 1. The van der Waals surface area contributed by atoms with Crippen LogP contribution in [0.4, 0.5) is 5.69 Å². The van der Waals surface area contributed by atoms with Gasteiger partial charge in [0, 0.05) is 32.3 Å². The average molecular weight is 311 g/mol. The number of nitrogens with one attached hydrogen (secondary N) is 1. The van der Waals surface area contributed by atoms with E-state index in [2.05, 4.69) is 26.2 Å².